The van der Waals surface area contributed by atoms with Crippen molar-refractivity contribution in [1.82, 2.24) is 9.88 Å². The monoisotopic (exact) mass is 305 g/mol. The topological polar surface area (TPSA) is 74.4 Å². The average Bonchev–Trinajstić information content (AvgIpc) is 2.40. The first-order chi connectivity index (χ1) is 9.77. The number of carbonyl (C=O) groups excluding carboxylic acids is 1. The molecule has 0 unspecified atom stereocenters. The molecular formula is C12H14F3N3O3. The van der Waals surface area contributed by atoms with Gasteiger partial charge in [-0.3, -0.25) is 4.79 Å². The molecule has 1 saturated heterocycles. The van der Waals surface area contributed by atoms with Crippen molar-refractivity contribution in [2.75, 3.05) is 25.0 Å². The second kappa shape index (κ2) is 5.76. The number of hydrogen-bond donors (Lipinski definition) is 2. The minimum atomic E-state index is -4.60. The molecule has 2 N–H and O–H groups in total. The fourth-order valence-corrected chi connectivity index (χ4v) is 1.94. The van der Waals surface area contributed by atoms with Gasteiger partial charge < -0.3 is 19.9 Å². The molecule has 9 heteroatoms. The summed E-state index contributed by atoms with van der Waals surface area (Å²) < 4.78 is 43.0. The Kier molecular flexibility index (Phi) is 4.21. The number of morpholine rings is 1. The number of anilines is 1. The molecule has 0 bridgehead atoms. The van der Waals surface area contributed by atoms with E-state index in [1.807, 2.05) is 4.98 Å². The molecule has 116 valence electrons. The SMILES string of the molecule is C[C@@H]1CN(C(=O)Nc2cc(C(F)(F)F)c[nH]c2=O)CCO1. The Morgan fingerprint density at radius 2 is 2.24 bits per heavy atom. The Morgan fingerprint density at radius 1 is 1.52 bits per heavy atom. The maximum absolute atomic E-state index is 12.6. The molecule has 0 radical (unpaired) electrons. The number of carbonyl (C=O) groups is 1. The lowest BCUT2D eigenvalue weighted by Crippen LogP contribution is -2.46. The van der Waals surface area contributed by atoms with Crippen LogP contribution in [0.4, 0.5) is 23.7 Å². The number of pyridine rings is 1. The average molecular weight is 305 g/mol. The molecule has 0 spiro atoms. The van der Waals surface area contributed by atoms with Gasteiger partial charge in [-0.2, -0.15) is 13.2 Å². The maximum Gasteiger partial charge on any atom is 0.417 e. The van der Waals surface area contributed by atoms with Crippen molar-refractivity contribution in [3.63, 3.8) is 0 Å². The van der Waals surface area contributed by atoms with Gasteiger partial charge >= 0.3 is 12.2 Å². The number of H-pyrrole nitrogens is 1. The van der Waals surface area contributed by atoms with Crippen molar-refractivity contribution >= 4 is 11.7 Å². The van der Waals surface area contributed by atoms with Gasteiger partial charge in [-0.05, 0) is 13.0 Å². The van der Waals surface area contributed by atoms with E-state index in [1.54, 1.807) is 6.92 Å². The Bertz CT molecular complexity index is 585. The first-order valence-corrected chi connectivity index (χ1v) is 6.25. The molecule has 1 fully saturated rings. The molecule has 0 aliphatic carbocycles. The van der Waals surface area contributed by atoms with E-state index in [-0.39, 0.29) is 6.10 Å². The normalized spacial score (nSPS) is 19.4. The first kappa shape index (κ1) is 15.4. The molecule has 1 aromatic heterocycles. The molecule has 2 rings (SSSR count). The number of nitrogens with zero attached hydrogens (tertiary/aromatic N) is 1. The fourth-order valence-electron chi connectivity index (χ4n) is 1.94. The Balaban J connectivity index is 2.15. The number of amides is 2. The van der Waals surface area contributed by atoms with Crippen molar-refractivity contribution < 1.29 is 22.7 Å². The summed E-state index contributed by atoms with van der Waals surface area (Å²) in [5.74, 6) is 0. The number of alkyl halides is 3. The summed E-state index contributed by atoms with van der Waals surface area (Å²) in [5.41, 5.74) is -2.26. The molecule has 0 aromatic carbocycles. The third-order valence-electron chi connectivity index (χ3n) is 3.00. The second-order valence-corrected chi connectivity index (χ2v) is 4.69. The highest BCUT2D eigenvalue weighted by Gasteiger charge is 2.32. The number of hydrogen-bond acceptors (Lipinski definition) is 3. The van der Waals surface area contributed by atoms with Gasteiger partial charge in [-0.15, -0.1) is 0 Å². The van der Waals surface area contributed by atoms with Gasteiger partial charge in [-0.25, -0.2) is 4.79 Å². The number of aromatic nitrogens is 1. The molecule has 1 aliphatic heterocycles. The van der Waals surface area contributed by atoms with Gasteiger partial charge in [0.15, 0.2) is 0 Å². The third kappa shape index (κ3) is 3.75. The molecule has 1 aromatic rings. The van der Waals surface area contributed by atoms with E-state index >= 15 is 0 Å². The van der Waals surface area contributed by atoms with Crippen LogP contribution in [0.2, 0.25) is 0 Å². The van der Waals surface area contributed by atoms with Crippen LogP contribution in [-0.2, 0) is 10.9 Å². The number of rotatable bonds is 1. The van der Waals surface area contributed by atoms with E-state index in [9.17, 15) is 22.8 Å². The van der Waals surface area contributed by atoms with Crippen LogP contribution in [0.1, 0.15) is 12.5 Å². The maximum atomic E-state index is 12.6. The highest BCUT2D eigenvalue weighted by molar-refractivity contribution is 5.89. The molecule has 0 saturated carbocycles. The summed E-state index contributed by atoms with van der Waals surface area (Å²) in [4.78, 5) is 26.8. The van der Waals surface area contributed by atoms with E-state index in [2.05, 4.69) is 5.32 Å². The number of nitrogens with one attached hydrogen (secondary N) is 2. The molecule has 2 amide bonds. The standard InChI is InChI=1S/C12H14F3N3O3/c1-7-6-18(2-3-21-7)11(20)17-9-4-8(12(13,14)15)5-16-10(9)19/h4-5,7H,2-3,6H2,1H3,(H,16,19)(H,17,20)/t7-/m1/s1. The van der Waals surface area contributed by atoms with Crippen molar-refractivity contribution in [2.45, 2.75) is 19.2 Å². The Morgan fingerprint density at radius 3 is 2.86 bits per heavy atom. The van der Waals surface area contributed by atoms with Crippen LogP contribution in [0.5, 0.6) is 0 Å². The van der Waals surface area contributed by atoms with Crippen LogP contribution in [0, 0.1) is 0 Å². The predicted molar refractivity (Wildman–Crippen MR) is 68.1 cm³/mol. The number of halogens is 3. The van der Waals surface area contributed by atoms with Crippen molar-refractivity contribution in [3.05, 3.63) is 28.2 Å². The minimum Gasteiger partial charge on any atom is -0.375 e. The van der Waals surface area contributed by atoms with Crippen LogP contribution < -0.4 is 10.9 Å². The second-order valence-electron chi connectivity index (χ2n) is 4.69. The molecule has 1 atom stereocenters. The lowest BCUT2D eigenvalue weighted by Gasteiger charge is -2.31. The van der Waals surface area contributed by atoms with Gasteiger partial charge in [0.2, 0.25) is 0 Å². The van der Waals surface area contributed by atoms with Crippen molar-refractivity contribution in [1.29, 1.82) is 0 Å². The number of urea groups is 1. The van der Waals surface area contributed by atoms with Crippen LogP contribution in [0.3, 0.4) is 0 Å². The highest BCUT2D eigenvalue weighted by atomic mass is 19.4. The fraction of sp³-hybridized carbons (Fsp3) is 0.500. The van der Waals surface area contributed by atoms with Crippen LogP contribution in [0.25, 0.3) is 0 Å². The zero-order valence-corrected chi connectivity index (χ0v) is 11.2. The molecular weight excluding hydrogens is 291 g/mol. The summed E-state index contributed by atoms with van der Waals surface area (Å²) >= 11 is 0. The Labute approximate surface area is 117 Å². The summed E-state index contributed by atoms with van der Waals surface area (Å²) in [5, 5.41) is 2.20. The van der Waals surface area contributed by atoms with E-state index < -0.39 is 29.0 Å². The summed E-state index contributed by atoms with van der Waals surface area (Å²) in [6.07, 6.45) is -4.20. The van der Waals surface area contributed by atoms with E-state index in [4.69, 9.17) is 4.74 Å². The smallest absolute Gasteiger partial charge is 0.375 e. The third-order valence-corrected chi connectivity index (χ3v) is 3.00. The van der Waals surface area contributed by atoms with E-state index in [0.717, 1.165) is 0 Å². The lowest BCUT2D eigenvalue weighted by atomic mass is 10.2. The van der Waals surface area contributed by atoms with Gasteiger partial charge in [0.05, 0.1) is 18.3 Å². The minimum absolute atomic E-state index is 0.163. The number of aromatic amines is 1. The zero-order valence-electron chi connectivity index (χ0n) is 11.2. The molecule has 6 nitrogen and oxygen atoms in total. The first-order valence-electron chi connectivity index (χ1n) is 6.25. The van der Waals surface area contributed by atoms with Gasteiger partial charge in [-0.1, -0.05) is 0 Å². The van der Waals surface area contributed by atoms with Crippen molar-refractivity contribution in [2.24, 2.45) is 0 Å². The molecule has 2 heterocycles. The Hall–Kier alpha value is -2.03. The molecule has 21 heavy (non-hydrogen) atoms. The van der Waals surface area contributed by atoms with Gasteiger partial charge in [0.25, 0.3) is 5.56 Å². The van der Waals surface area contributed by atoms with E-state index in [0.29, 0.717) is 32.0 Å². The van der Waals surface area contributed by atoms with Crippen LogP contribution in [0.15, 0.2) is 17.1 Å². The van der Waals surface area contributed by atoms with Crippen molar-refractivity contribution in [3.8, 4) is 0 Å². The highest BCUT2D eigenvalue weighted by Crippen LogP contribution is 2.29. The quantitative estimate of drug-likeness (QED) is 0.828. The number of ether oxygens (including phenoxy) is 1. The van der Waals surface area contributed by atoms with Gasteiger partial charge in [0.1, 0.15) is 5.69 Å². The summed E-state index contributed by atoms with van der Waals surface area (Å²) in [7, 11) is 0. The molecule has 1 aliphatic rings. The largest absolute Gasteiger partial charge is 0.417 e. The van der Waals surface area contributed by atoms with Crippen LogP contribution >= 0.6 is 0 Å². The summed E-state index contributed by atoms with van der Waals surface area (Å²) in [6, 6.07) is -0.0179. The lowest BCUT2D eigenvalue weighted by molar-refractivity contribution is -0.137. The van der Waals surface area contributed by atoms with E-state index in [1.165, 1.54) is 4.90 Å². The van der Waals surface area contributed by atoms with Crippen LogP contribution in [-0.4, -0.2) is 41.7 Å². The van der Waals surface area contributed by atoms with Gasteiger partial charge in [0, 0.05) is 19.3 Å². The summed E-state index contributed by atoms with van der Waals surface area (Å²) in [6.45, 7) is 2.74. The predicted octanol–water partition coefficient (Wildman–Crippen LogP) is 1.65. The zero-order chi connectivity index (χ0) is 15.6.